The second kappa shape index (κ2) is 8.77. The minimum atomic E-state index is -0.373. The number of nitrogens with one attached hydrogen (secondary N) is 1. The molecule has 8 nitrogen and oxygen atoms in total. The maximum atomic E-state index is 12.7. The Morgan fingerprint density at radius 3 is 2.83 bits per heavy atom. The standard InChI is InChI=1S/C22H23N5O3/c1-30-20-7-3-6-19(10-20)27-13-18(9-21(27)28)22(29)24-11-16-4-2-5-17(8-16)12-26-15-23-14-25-26/h2-8,10,14-15,18H,9,11-13H2,1H3,(H,24,29). The van der Waals surface area contributed by atoms with Gasteiger partial charge in [-0.3, -0.25) is 9.59 Å². The third-order valence-corrected chi connectivity index (χ3v) is 5.13. The number of carbonyl (C=O) groups is 2. The fourth-order valence-corrected chi connectivity index (χ4v) is 3.58. The second-order valence-corrected chi connectivity index (χ2v) is 7.24. The number of hydrogen-bond donors (Lipinski definition) is 1. The predicted octanol–water partition coefficient (Wildman–Crippen LogP) is 2.00. The first-order valence-electron chi connectivity index (χ1n) is 9.75. The lowest BCUT2D eigenvalue weighted by Gasteiger charge is -2.17. The average Bonchev–Trinajstić information content (AvgIpc) is 3.42. The van der Waals surface area contributed by atoms with Crippen molar-refractivity contribution in [2.24, 2.45) is 5.92 Å². The monoisotopic (exact) mass is 405 g/mol. The Bertz CT molecular complexity index is 1030. The number of carbonyl (C=O) groups excluding carboxylic acids is 2. The zero-order valence-electron chi connectivity index (χ0n) is 16.7. The summed E-state index contributed by atoms with van der Waals surface area (Å²) in [6, 6.07) is 15.3. The summed E-state index contributed by atoms with van der Waals surface area (Å²) in [6.07, 6.45) is 3.37. The molecular weight excluding hydrogens is 382 g/mol. The van der Waals surface area contributed by atoms with Crippen molar-refractivity contribution >= 4 is 17.5 Å². The molecule has 3 aromatic rings. The Balaban J connectivity index is 1.35. The summed E-state index contributed by atoms with van der Waals surface area (Å²) in [4.78, 5) is 30.7. The van der Waals surface area contributed by atoms with E-state index in [1.165, 1.54) is 6.33 Å². The zero-order valence-corrected chi connectivity index (χ0v) is 16.7. The minimum Gasteiger partial charge on any atom is -0.497 e. The molecule has 0 bridgehead atoms. The van der Waals surface area contributed by atoms with Crippen LogP contribution in [0.5, 0.6) is 5.75 Å². The number of nitrogens with zero attached hydrogens (tertiary/aromatic N) is 4. The Morgan fingerprint density at radius 2 is 2.03 bits per heavy atom. The summed E-state index contributed by atoms with van der Waals surface area (Å²) in [7, 11) is 1.59. The lowest BCUT2D eigenvalue weighted by Crippen LogP contribution is -2.32. The highest BCUT2D eigenvalue weighted by molar-refractivity contribution is 6.00. The van der Waals surface area contributed by atoms with Crippen molar-refractivity contribution in [1.29, 1.82) is 0 Å². The quantitative estimate of drug-likeness (QED) is 0.650. The molecule has 30 heavy (non-hydrogen) atoms. The SMILES string of the molecule is COc1cccc(N2CC(C(=O)NCc3cccc(Cn4cncn4)c3)CC2=O)c1. The van der Waals surface area contributed by atoms with E-state index in [1.807, 2.05) is 42.5 Å². The smallest absolute Gasteiger partial charge is 0.227 e. The maximum Gasteiger partial charge on any atom is 0.227 e. The third kappa shape index (κ3) is 4.48. The molecule has 1 N–H and O–H groups in total. The van der Waals surface area contributed by atoms with Crippen molar-refractivity contribution in [1.82, 2.24) is 20.1 Å². The first-order valence-corrected chi connectivity index (χ1v) is 9.75. The van der Waals surface area contributed by atoms with Crippen LogP contribution in [0.4, 0.5) is 5.69 Å². The second-order valence-electron chi connectivity index (χ2n) is 7.24. The minimum absolute atomic E-state index is 0.0572. The molecule has 1 saturated heterocycles. The van der Waals surface area contributed by atoms with E-state index < -0.39 is 0 Å². The fraction of sp³-hybridized carbons (Fsp3) is 0.273. The Morgan fingerprint density at radius 1 is 1.20 bits per heavy atom. The van der Waals surface area contributed by atoms with Gasteiger partial charge in [0.15, 0.2) is 0 Å². The van der Waals surface area contributed by atoms with Gasteiger partial charge in [-0.1, -0.05) is 30.3 Å². The zero-order chi connectivity index (χ0) is 20.9. The van der Waals surface area contributed by atoms with Gasteiger partial charge in [-0.25, -0.2) is 9.67 Å². The van der Waals surface area contributed by atoms with Gasteiger partial charge in [-0.05, 0) is 23.3 Å². The van der Waals surface area contributed by atoms with E-state index in [0.717, 1.165) is 16.8 Å². The molecule has 0 radical (unpaired) electrons. The summed E-state index contributed by atoms with van der Waals surface area (Å²) in [5.41, 5.74) is 2.82. The summed E-state index contributed by atoms with van der Waals surface area (Å²) in [5, 5.41) is 7.07. The molecule has 154 valence electrons. The van der Waals surface area contributed by atoms with Crippen molar-refractivity contribution in [2.45, 2.75) is 19.5 Å². The van der Waals surface area contributed by atoms with Crippen molar-refractivity contribution in [2.75, 3.05) is 18.6 Å². The van der Waals surface area contributed by atoms with Crippen LogP contribution < -0.4 is 15.0 Å². The van der Waals surface area contributed by atoms with Crippen LogP contribution in [0, 0.1) is 5.92 Å². The van der Waals surface area contributed by atoms with E-state index in [2.05, 4.69) is 15.4 Å². The normalized spacial score (nSPS) is 16.0. The first kappa shape index (κ1) is 19.6. The number of benzene rings is 2. The lowest BCUT2D eigenvalue weighted by atomic mass is 10.1. The molecule has 0 saturated carbocycles. The van der Waals surface area contributed by atoms with Gasteiger partial charge in [-0.2, -0.15) is 5.10 Å². The number of anilines is 1. The van der Waals surface area contributed by atoms with Gasteiger partial charge < -0.3 is 15.0 Å². The van der Waals surface area contributed by atoms with Crippen molar-refractivity contribution in [3.63, 3.8) is 0 Å². The highest BCUT2D eigenvalue weighted by Gasteiger charge is 2.35. The average molecular weight is 405 g/mol. The lowest BCUT2D eigenvalue weighted by molar-refractivity contribution is -0.126. The number of hydrogen-bond acceptors (Lipinski definition) is 5. The van der Waals surface area contributed by atoms with E-state index in [1.54, 1.807) is 29.1 Å². The molecule has 0 spiro atoms. The Labute approximate surface area is 174 Å². The van der Waals surface area contributed by atoms with Gasteiger partial charge in [-0.15, -0.1) is 0 Å². The number of amides is 2. The largest absolute Gasteiger partial charge is 0.497 e. The van der Waals surface area contributed by atoms with Crippen LogP contribution in [0.3, 0.4) is 0 Å². The maximum absolute atomic E-state index is 12.7. The fourth-order valence-electron chi connectivity index (χ4n) is 3.58. The van der Waals surface area contributed by atoms with Crippen molar-refractivity contribution in [3.05, 3.63) is 72.3 Å². The van der Waals surface area contributed by atoms with Crippen LogP contribution in [0.1, 0.15) is 17.5 Å². The summed E-state index contributed by atoms with van der Waals surface area (Å²) in [6.45, 7) is 1.40. The summed E-state index contributed by atoms with van der Waals surface area (Å²) in [5.74, 6) is 0.134. The molecule has 1 atom stereocenters. The molecule has 0 aliphatic carbocycles. The molecular formula is C22H23N5O3. The molecule has 1 unspecified atom stereocenters. The molecule has 1 aromatic heterocycles. The van der Waals surface area contributed by atoms with Gasteiger partial charge >= 0.3 is 0 Å². The van der Waals surface area contributed by atoms with Crippen LogP contribution in [-0.4, -0.2) is 40.2 Å². The van der Waals surface area contributed by atoms with E-state index in [0.29, 0.717) is 25.4 Å². The number of aromatic nitrogens is 3. The highest BCUT2D eigenvalue weighted by Crippen LogP contribution is 2.28. The molecule has 1 aliphatic heterocycles. The van der Waals surface area contributed by atoms with E-state index in [4.69, 9.17) is 4.74 Å². The van der Waals surface area contributed by atoms with E-state index in [-0.39, 0.29) is 24.2 Å². The number of rotatable bonds is 7. The summed E-state index contributed by atoms with van der Waals surface area (Å²) >= 11 is 0. The van der Waals surface area contributed by atoms with Gasteiger partial charge in [0, 0.05) is 31.3 Å². The predicted molar refractivity (Wildman–Crippen MR) is 111 cm³/mol. The van der Waals surface area contributed by atoms with Crippen molar-refractivity contribution < 1.29 is 14.3 Å². The van der Waals surface area contributed by atoms with Crippen LogP contribution in [-0.2, 0) is 22.7 Å². The summed E-state index contributed by atoms with van der Waals surface area (Å²) < 4.78 is 6.97. The van der Waals surface area contributed by atoms with E-state index >= 15 is 0 Å². The Hall–Kier alpha value is -3.68. The molecule has 2 aromatic carbocycles. The first-order chi connectivity index (χ1) is 14.6. The molecule has 8 heteroatoms. The van der Waals surface area contributed by atoms with E-state index in [9.17, 15) is 9.59 Å². The molecule has 2 amide bonds. The van der Waals surface area contributed by atoms with Gasteiger partial charge in [0.1, 0.15) is 18.4 Å². The van der Waals surface area contributed by atoms with Crippen LogP contribution >= 0.6 is 0 Å². The number of methoxy groups -OCH3 is 1. The third-order valence-electron chi connectivity index (χ3n) is 5.13. The van der Waals surface area contributed by atoms with Crippen LogP contribution in [0.15, 0.2) is 61.2 Å². The molecule has 2 heterocycles. The van der Waals surface area contributed by atoms with Crippen LogP contribution in [0.2, 0.25) is 0 Å². The van der Waals surface area contributed by atoms with Crippen LogP contribution in [0.25, 0.3) is 0 Å². The highest BCUT2D eigenvalue weighted by atomic mass is 16.5. The van der Waals surface area contributed by atoms with Gasteiger partial charge in [0.25, 0.3) is 0 Å². The molecule has 4 rings (SSSR count). The topological polar surface area (TPSA) is 89.3 Å². The van der Waals surface area contributed by atoms with Gasteiger partial charge in [0.2, 0.25) is 11.8 Å². The molecule has 1 fully saturated rings. The molecule has 1 aliphatic rings. The number of ether oxygens (including phenoxy) is 1. The van der Waals surface area contributed by atoms with Gasteiger partial charge in [0.05, 0.1) is 19.6 Å². The Kier molecular flexibility index (Phi) is 5.74. The van der Waals surface area contributed by atoms with Crippen molar-refractivity contribution in [3.8, 4) is 5.75 Å².